The number of aliphatic hydroxyl groups is 3. The smallest absolute Gasteiger partial charge is 0.134 e. The van der Waals surface area contributed by atoms with Crippen molar-refractivity contribution in [3.8, 4) is 0 Å². The second kappa shape index (κ2) is 4.63. The van der Waals surface area contributed by atoms with Crippen LogP contribution in [0.3, 0.4) is 0 Å². The Balaban J connectivity index is 1.85. The summed E-state index contributed by atoms with van der Waals surface area (Å²) >= 11 is 0. The van der Waals surface area contributed by atoms with Crippen molar-refractivity contribution in [2.75, 3.05) is 0 Å². The van der Waals surface area contributed by atoms with Crippen LogP contribution in [0.5, 0.6) is 0 Å². The first-order valence-electron chi connectivity index (χ1n) is 9.54. The van der Waals surface area contributed by atoms with E-state index in [9.17, 15) is 20.1 Å². The van der Waals surface area contributed by atoms with Gasteiger partial charge in [-0.25, -0.2) is 0 Å². The lowest BCUT2D eigenvalue weighted by Gasteiger charge is -2.66. The van der Waals surface area contributed by atoms with E-state index < -0.39 is 17.8 Å². The molecule has 3 N–H and O–H groups in total. The molecule has 24 heavy (non-hydrogen) atoms. The quantitative estimate of drug-likeness (QED) is 0.634. The Morgan fingerprint density at radius 3 is 2.29 bits per heavy atom. The normalized spacial score (nSPS) is 59.0. The van der Waals surface area contributed by atoms with Crippen molar-refractivity contribution in [1.29, 1.82) is 0 Å². The van der Waals surface area contributed by atoms with Gasteiger partial charge in [0.1, 0.15) is 5.78 Å². The summed E-state index contributed by atoms with van der Waals surface area (Å²) in [7, 11) is 0. The predicted octanol–water partition coefficient (Wildman–Crippen LogP) is 2.29. The largest absolute Gasteiger partial charge is 0.393 e. The van der Waals surface area contributed by atoms with Crippen molar-refractivity contribution in [3.05, 3.63) is 0 Å². The summed E-state index contributed by atoms with van der Waals surface area (Å²) in [5.74, 6) is 0.724. The highest BCUT2D eigenvalue weighted by Gasteiger charge is 2.72. The Hall–Kier alpha value is -0.450. The maximum atomic E-state index is 12.6. The van der Waals surface area contributed by atoms with Gasteiger partial charge < -0.3 is 15.3 Å². The number of carbonyl (C=O) groups is 1. The predicted molar refractivity (Wildman–Crippen MR) is 90.1 cm³/mol. The van der Waals surface area contributed by atoms with Gasteiger partial charge >= 0.3 is 0 Å². The second-order valence-electron chi connectivity index (χ2n) is 10.5. The zero-order chi connectivity index (χ0) is 17.7. The third kappa shape index (κ3) is 1.83. The van der Waals surface area contributed by atoms with Gasteiger partial charge in [0.15, 0.2) is 0 Å². The molecule has 4 heteroatoms. The van der Waals surface area contributed by atoms with Crippen LogP contribution in [0.1, 0.15) is 66.2 Å². The minimum absolute atomic E-state index is 0.0640. The molecule has 4 aliphatic rings. The number of fused-ring (bicyclic) bond motifs is 2. The minimum Gasteiger partial charge on any atom is -0.393 e. The van der Waals surface area contributed by atoms with Crippen LogP contribution in [0.15, 0.2) is 0 Å². The van der Waals surface area contributed by atoms with Crippen LogP contribution in [0.25, 0.3) is 0 Å². The molecule has 0 aromatic heterocycles. The lowest BCUT2D eigenvalue weighted by Crippen LogP contribution is -2.65. The van der Waals surface area contributed by atoms with E-state index in [-0.39, 0.29) is 33.9 Å². The number of ketones is 1. The average molecular weight is 336 g/mol. The molecule has 0 heterocycles. The third-order valence-electron chi connectivity index (χ3n) is 8.81. The van der Waals surface area contributed by atoms with E-state index >= 15 is 0 Å². The van der Waals surface area contributed by atoms with Gasteiger partial charge in [-0.05, 0) is 66.6 Å². The van der Waals surface area contributed by atoms with Crippen molar-refractivity contribution in [2.45, 2.75) is 84.0 Å². The second-order valence-corrected chi connectivity index (χ2v) is 10.5. The summed E-state index contributed by atoms with van der Waals surface area (Å²) < 4.78 is 0. The first kappa shape index (κ1) is 17.0. The Bertz CT molecular complexity index is 582. The monoisotopic (exact) mass is 336 g/mol. The number of Topliss-reactive ketones (excluding diaryl/α,β-unsaturated/α-hetero) is 1. The molecule has 0 unspecified atom stereocenters. The minimum atomic E-state index is -1.05. The molecule has 2 bridgehead atoms. The summed E-state index contributed by atoms with van der Waals surface area (Å²) in [5, 5.41) is 32.5. The molecule has 0 aromatic rings. The Morgan fingerprint density at radius 1 is 0.958 bits per heavy atom. The standard InChI is InChI=1S/C20H32O4/c1-17(2)8-13(21)9-18(3)16(17)14(22)6-11-5-12-7-20(11,18)10-15(23)19(12,4)24/h11-12,14-16,22-24H,5-10H2,1-4H3/t11-,12+,14+,15+,16+,18+,19-,20+/m1/s1. The van der Waals surface area contributed by atoms with Crippen molar-refractivity contribution in [2.24, 2.45) is 34.0 Å². The SMILES string of the molecule is CC1(C)CC(=O)C[C@@]2(C)[C@H]1[C@@H](O)C[C@H]1C[C@H]3C[C@]12C[C@H](O)[C@]3(C)O. The zero-order valence-electron chi connectivity index (χ0n) is 15.4. The van der Waals surface area contributed by atoms with E-state index in [0.29, 0.717) is 25.2 Å². The molecular weight excluding hydrogens is 304 g/mol. The van der Waals surface area contributed by atoms with Gasteiger partial charge in [0.2, 0.25) is 0 Å². The first-order chi connectivity index (χ1) is 10.9. The molecule has 0 saturated heterocycles. The van der Waals surface area contributed by atoms with Crippen LogP contribution in [0, 0.1) is 34.0 Å². The number of hydrogen-bond donors (Lipinski definition) is 3. The number of carbonyl (C=O) groups excluding carboxylic acids is 1. The molecule has 4 saturated carbocycles. The number of hydrogen-bond acceptors (Lipinski definition) is 4. The fourth-order valence-corrected chi connectivity index (χ4v) is 7.95. The molecule has 0 radical (unpaired) electrons. The molecule has 0 aliphatic heterocycles. The van der Waals surface area contributed by atoms with Crippen LogP contribution in [-0.4, -0.2) is 38.9 Å². The fourth-order valence-electron chi connectivity index (χ4n) is 7.95. The Kier molecular flexibility index (Phi) is 3.28. The zero-order valence-corrected chi connectivity index (χ0v) is 15.4. The van der Waals surface area contributed by atoms with Crippen LogP contribution in [0.2, 0.25) is 0 Å². The van der Waals surface area contributed by atoms with Gasteiger partial charge in [-0.15, -0.1) is 0 Å². The Morgan fingerprint density at radius 2 is 1.62 bits per heavy atom. The fraction of sp³-hybridized carbons (Fsp3) is 0.950. The lowest BCUT2D eigenvalue weighted by atomic mass is 9.38. The van der Waals surface area contributed by atoms with E-state index in [2.05, 4.69) is 20.8 Å². The van der Waals surface area contributed by atoms with E-state index in [1.165, 1.54) is 0 Å². The van der Waals surface area contributed by atoms with Gasteiger partial charge in [-0.3, -0.25) is 4.79 Å². The highest BCUT2D eigenvalue weighted by atomic mass is 16.3. The molecule has 1 spiro atoms. The van der Waals surface area contributed by atoms with Gasteiger partial charge in [0.05, 0.1) is 17.8 Å². The topological polar surface area (TPSA) is 77.8 Å². The van der Waals surface area contributed by atoms with Gasteiger partial charge in [-0.1, -0.05) is 20.8 Å². The van der Waals surface area contributed by atoms with Crippen molar-refractivity contribution >= 4 is 5.78 Å². The Labute approximate surface area is 144 Å². The molecule has 4 aliphatic carbocycles. The van der Waals surface area contributed by atoms with Crippen molar-refractivity contribution in [3.63, 3.8) is 0 Å². The lowest BCUT2D eigenvalue weighted by molar-refractivity contribution is -0.226. The molecule has 4 nitrogen and oxygen atoms in total. The third-order valence-corrected chi connectivity index (χ3v) is 8.81. The van der Waals surface area contributed by atoms with Crippen LogP contribution in [0.4, 0.5) is 0 Å². The van der Waals surface area contributed by atoms with E-state index in [1.807, 2.05) is 0 Å². The van der Waals surface area contributed by atoms with Gasteiger partial charge in [0.25, 0.3) is 0 Å². The molecule has 136 valence electrons. The summed E-state index contributed by atoms with van der Waals surface area (Å²) in [6.07, 6.45) is 2.96. The molecule has 4 fully saturated rings. The molecule has 0 aromatic carbocycles. The van der Waals surface area contributed by atoms with E-state index in [0.717, 1.165) is 19.3 Å². The van der Waals surface area contributed by atoms with Gasteiger partial charge in [-0.2, -0.15) is 0 Å². The summed E-state index contributed by atoms with van der Waals surface area (Å²) in [5.41, 5.74) is -1.68. The number of rotatable bonds is 0. The summed E-state index contributed by atoms with van der Waals surface area (Å²) in [6, 6.07) is 0. The maximum absolute atomic E-state index is 12.6. The van der Waals surface area contributed by atoms with Crippen molar-refractivity contribution in [1.82, 2.24) is 0 Å². The maximum Gasteiger partial charge on any atom is 0.134 e. The van der Waals surface area contributed by atoms with E-state index in [4.69, 9.17) is 0 Å². The van der Waals surface area contributed by atoms with Crippen molar-refractivity contribution < 1.29 is 20.1 Å². The van der Waals surface area contributed by atoms with E-state index in [1.54, 1.807) is 6.92 Å². The van der Waals surface area contributed by atoms with Crippen LogP contribution >= 0.6 is 0 Å². The highest BCUT2D eigenvalue weighted by Crippen LogP contribution is 2.74. The number of aliphatic hydroxyl groups excluding tert-OH is 2. The first-order valence-corrected chi connectivity index (χ1v) is 9.54. The molecule has 8 atom stereocenters. The van der Waals surface area contributed by atoms with Gasteiger partial charge in [0, 0.05) is 12.8 Å². The molecule has 0 amide bonds. The highest BCUT2D eigenvalue weighted by molar-refractivity contribution is 5.81. The summed E-state index contributed by atoms with van der Waals surface area (Å²) in [4.78, 5) is 12.6. The average Bonchev–Trinajstić information content (AvgIpc) is 2.73. The molecule has 4 rings (SSSR count). The summed E-state index contributed by atoms with van der Waals surface area (Å²) in [6.45, 7) is 8.20. The van der Waals surface area contributed by atoms with Crippen LogP contribution < -0.4 is 0 Å². The molecular formula is C20H32O4. The van der Waals surface area contributed by atoms with Crippen LogP contribution in [-0.2, 0) is 4.79 Å².